The molecule has 5 rings (SSSR count). The number of unbranched alkanes of at least 4 members (excludes halogenated alkanes) is 2. The number of hydrogen-bond acceptors (Lipinski definition) is 5. The Balaban J connectivity index is 1.06. The quantitative estimate of drug-likeness (QED) is 0.148. The van der Waals surface area contributed by atoms with E-state index in [9.17, 15) is 10.0 Å². The Morgan fingerprint density at radius 1 is 0.976 bits per heavy atom. The first-order valence-corrected chi connectivity index (χ1v) is 15.5. The maximum absolute atomic E-state index is 10.8. The van der Waals surface area contributed by atoms with Crippen molar-refractivity contribution in [3.8, 4) is 5.75 Å². The van der Waals surface area contributed by atoms with Gasteiger partial charge in [0.05, 0.1) is 18.8 Å². The Bertz CT molecular complexity index is 1380. The molecular formula is C34H41ClN4O3. The summed E-state index contributed by atoms with van der Waals surface area (Å²) in [7, 11) is 0. The topological polar surface area (TPSA) is 91.9 Å². The number of aromatic nitrogens is 1. The first kappa shape index (κ1) is 30.1. The fraction of sp³-hybridized carbons (Fsp3) is 0.412. The van der Waals surface area contributed by atoms with Crippen LogP contribution in [0.2, 0.25) is 5.02 Å². The van der Waals surface area contributed by atoms with E-state index in [1.54, 1.807) is 0 Å². The van der Waals surface area contributed by atoms with Crippen LogP contribution in [0.5, 0.6) is 5.75 Å². The predicted molar refractivity (Wildman–Crippen MR) is 167 cm³/mol. The molecule has 0 radical (unpaired) electrons. The molecule has 0 bridgehead atoms. The molecule has 222 valence electrons. The van der Waals surface area contributed by atoms with E-state index in [4.69, 9.17) is 27.1 Å². The molecule has 0 atom stereocenters. The average molecular weight is 589 g/mol. The summed E-state index contributed by atoms with van der Waals surface area (Å²) in [6.45, 7) is 4.20. The standard InChI is InChI=1S/C34H41ClN4O3/c35-29-12-15-31-28(24-29)11-10-27-7-5-18-37-33(27)32(31)26-16-21-38(22-17-26)19-3-4-23-42-30-13-8-25(9-14-30)6-1-2-20-39(41)34(36)40/h5,7-9,12-15,18,24,41H,1-4,6,10-11,16-17,19-23H2,(H2,36,40). The number of ether oxygens (including phenoxy) is 1. The summed E-state index contributed by atoms with van der Waals surface area (Å²) in [6.07, 6.45) is 10.6. The first-order valence-electron chi connectivity index (χ1n) is 15.1. The lowest BCUT2D eigenvalue weighted by Gasteiger charge is -2.30. The molecule has 0 saturated carbocycles. The third-order valence-electron chi connectivity index (χ3n) is 8.34. The third-order valence-corrected chi connectivity index (χ3v) is 8.58. The number of fused-ring (bicyclic) bond motifs is 2. The lowest BCUT2D eigenvalue weighted by Crippen LogP contribution is -2.33. The molecule has 1 aromatic heterocycles. The number of likely N-dealkylation sites (tertiary alicyclic amines) is 1. The molecule has 1 aliphatic carbocycles. The number of amides is 2. The monoisotopic (exact) mass is 588 g/mol. The van der Waals surface area contributed by atoms with Crippen molar-refractivity contribution in [3.63, 3.8) is 0 Å². The molecule has 0 unspecified atom stereocenters. The summed E-state index contributed by atoms with van der Waals surface area (Å²) in [6, 6.07) is 18.0. The van der Waals surface area contributed by atoms with Crippen LogP contribution in [-0.2, 0) is 19.3 Å². The number of carbonyl (C=O) groups is 1. The fourth-order valence-corrected chi connectivity index (χ4v) is 6.21. The van der Waals surface area contributed by atoms with Gasteiger partial charge in [0.1, 0.15) is 5.75 Å². The zero-order valence-electron chi connectivity index (χ0n) is 24.2. The molecular weight excluding hydrogens is 548 g/mol. The van der Waals surface area contributed by atoms with Gasteiger partial charge in [-0.15, -0.1) is 0 Å². The van der Waals surface area contributed by atoms with Crippen LogP contribution in [0.4, 0.5) is 4.79 Å². The number of hydrogen-bond donors (Lipinski definition) is 2. The van der Waals surface area contributed by atoms with E-state index in [0.29, 0.717) is 18.1 Å². The minimum Gasteiger partial charge on any atom is -0.494 e. The van der Waals surface area contributed by atoms with Crippen LogP contribution in [0.3, 0.4) is 0 Å². The molecule has 1 fully saturated rings. The number of nitrogens with two attached hydrogens (primary N) is 1. The largest absolute Gasteiger partial charge is 0.494 e. The van der Waals surface area contributed by atoms with Gasteiger partial charge in [0.25, 0.3) is 0 Å². The van der Waals surface area contributed by atoms with E-state index < -0.39 is 6.03 Å². The Morgan fingerprint density at radius 2 is 1.76 bits per heavy atom. The second kappa shape index (κ2) is 14.7. The SMILES string of the molecule is NC(=O)N(O)CCCCc1ccc(OCCCCN2CCC(=C3c4ccc(Cl)cc4CCc4cccnc43)CC2)cc1. The van der Waals surface area contributed by atoms with Gasteiger partial charge < -0.3 is 15.4 Å². The van der Waals surface area contributed by atoms with Crippen molar-refractivity contribution in [1.29, 1.82) is 0 Å². The number of carbonyl (C=O) groups excluding carboxylic acids is 1. The molecule has 7 nitrogen and oxygen atoms in total. The lowest BCUT2D eigenvalue weighted by molar-refractivity contribution is -0.0402. The van der Waals surface area contributed by atoms with Crippen LogP contribution in [0, 0.1) is 0 Å². The van der Waals surface area contributed by atoms with E-state index in [-0.39, 0.29) is 6.54 Å². The Kier molecular flexibility index (Phi) is 10.5. The van der Waals surface area contributed by atoms with Gasteiger partial charge in [-0.2, -0.15) is 0 Å². The van der Waals surface area contributed by atoms with E-state index in [0.717, 1.165) is 87.5 Å². The van der Waals surface area contributed by atoms with Gasteiger partial charge in [0.2, 0.25) is 0 Å². The van der Waals surface area contributed by atoms with Crippen LogP contribution in [-0.4, -0.2) is 59.0 Å². The van der Waals surface area contributed by atoms with Gasteiger partial charge >= 0.3 is 6.03 Å². The molecule has 1 aliphatic heterocycles. The Labute approximate surface area is 253 Å². The van der Waals surface area contributed by atoms with Crippen molar-refractivity contribution in [1.82, 2.24) is 14.9 Å². The number of rotatable bonds is 11. The number of piperidine rings is 1. The smallest absolute Gasteiger partial charge is 0.338 e. The summed E-state index contributed by atoms with van der Waals surface area (Å²) < 4.78 is 5.98. The second-order valence-corrected chi connectivity index (χ2v) is 11.7. The van der Waals surface area contributed by atoms with E-state index in [2.05, 4.69) is 41.3 Å². The van der Waals surface area contributed by atoms with Crippen molar-refractivity contribution in [3.05, 3.63) is 99.3 Å². The van der Waals surface area contributed by atoms with Crippen molar-refractivity contribution < 1.29 is 14.7 Å². The number of urea groups is 1. The van der Waals surface area contributed by atoms with Gasteiger partial charge in [-0.1, -0.05) is 41.4 Å². The van der Waals surface area contributed by atoms with Crippen molar-refractivity contribution in [2.45, 2.75) is 57.8 Å². The molecule has 0 spiro atoms. The van der Waals surface area contributed by atoms with Gasteiger partial charge in [0.15, 0.2) is 0 Å². The molecule has 1 saturated heterocycles. The zero-order valence-corrected chi connectivity index (χ0v) is 25.0. The number of benzene rings is 2. The maximum Gasteiger partial charge on any atom is 0.338 e. The van der Waals surface area contributed by atoms with Gasteiger partial charge in [-0.3, -0.25) is 10.2 Å². The van der Waals surface area contributed by atoms with E-state index >= 15 is 0 Å². The fourth-order valence-electron chi connectivity index (χ4n) is 6.01. The summed E-state index contributed by atoms with van der Waals surface area (Å²) in [5.41, 5.74) is 14.2. The third kappa shape index (κ3) is 7.91. The minimum atomic E-state index is -0.814. The summed E-state index contributed by atoms with van der Waals surface area (Å²) in [4.78, 5) is 18.3. The zero-order chi connectivity index (χ0) is 29.3. The highest BCUT2D eigenvalue weighted by Gasteiger charge is 2.25. The molecule has 3 N–H and O–H groups in total. The van der Waals surface area contributed by atoms with E-state index in [1.165, 1.54) is 33.4 Å². The van der Waals surface area contributed by atoms with Crippen LogP contribution in [0.1, 0.15) is 66.5 Å². The van der Waals surface area contributed by atoms with Crippen LogP contribution < -0.4 is 10.5 Å². The Morgan fingerprint density at radius 3 is 2.55 bits per heavy atom. The van der Waals surface area contributed by atoms with E-state index in [1.807, 2.05) is 24.4 Å². The molecule has 2 heterocycles. The normalized spacial score (nSPS) is 15.1. The Hall–Kier alpha value is -3.39. The summed E-state index contributed by atoms with van der Waals surface area (Å²) >= 11 is 6.38. The lowest BCUT2D eigenvalue weighted by atomic mass is 9.88. The van der Waals surface area contributed by atoms with Gasteiger partial charge in [0, 0.05) is 29.9 Å². The van der Waals surface area contributed by atoms with Crippen LogP contribution in [0.15, 0.2) is 66.4 Å². The number of primary amides is 1. The number of halogens is 1. The minimum absolute atomic E-state index is 0.253. The molecule has 2 amide bonds. The number of nitrogens with zero attached hydrogens (tertiary/aromatic N) is 3. The van der Waals surface area contributed by atoms with Crippen LogP contribution >= 0.6 is 11.6 Å². The van der Waals surface area contributed by atoms with Crippen molar-refractivity contribution >= 4 is 23.2 Å². The van der Waals surface area contributed by atoms with Gasteiger partial charge in [-0.05, 0) is 117 Å². The summed E-state index contributed by atoms with van der Waals surface area (Å²) in [5.74, 6) is 0.891. The van der Waals surface area contributed by atoms with Crippen molar-refractivity contribution in [2.75, 3.05) is 32.8 Å². The number of pyridine rings is 1. The number of hydroxylamine groups is 2. The molecule has 3 aromatic rings. The van der Waals surface area contributed by atoms with Crippen molar-refractivity contribution in [2.24, 2.45) is 5.73 Å². The molecule has 2 aliphatic rings. The predicted octanol–water partition coefficient (Wildman–Crippen LogP) is 6.68. The molecule has 2 aromatic carbocycles. The highest BCUT2D eigenvalue weighted by molar-refractivity contribution is 6.30. The first-order chi connectivity index (χ1) is 20.5. The molecule has 8 heteroatoms. The maximum atomic E-state index is 10.8. The highest BCUT2D eigenvalue weighted by Crippen LogP contribution is 2.38. The molecule has 42 heavy (non-hydrogen) atoms. The van der Waals surface area contributed by atoms with Crippen LogP contribution in [0.25, 0.3) is 5.57 Å². The average Bonchev–Trinajstić information content (AvgIpc) is 3.16. The number of aryl methyl sites for hydroxylation is 3. The highest BCUT2D eigenvalue weighted by atomic mass is 35.5. The summed E-state index contributed by atoms with van der Waals surface area (Å²) in [5, 5.41) is 10.7. The van der Waals surface area contributed by atoms with Gasteiger partial charge in [-0.25, -0.2) is 9.86 Å². The second-order valence-electron chi connectivity index (χ2n) is 11.3.